The minimum absolute atomic E-state index is 0.125. The number of hydrogen-bond donors (Lipinski definition) is 0. The summed E-state index contributed by atoms with van der Waals surface area (Å²) < 4.78 is 37.1. The molecule has 2 rings (SSSR count). The van der Waals surface area contributed by atoms with Crippen LogP contribution in [0.5, 0.6) is 0 Å². The second-order valence-electron chi connectivity index (χ2n) is 4.28. The van der Waals surface area contributed by atoms with Crippen LogP contribution in [-0.2, 0) is 6.18 Å². The largest absolute Gasteiger partial charge is 0.445 e. The lowest BCUT2D eigenvalue weighted by Gasteiger charge is -2.20. The number of azo groups is 1. The van der Waals surface area contributed by atoms with Gasteiger partial charge in [0.2, 0.25) is 5.01 Å². The van der Waals surface area contributed by atoms with Crippen molar-refractivity contribution in [1.82, 2.24) is 10.2 Å². The molecule has 0 amide bonds. The van der Waals surface area contributed by atoms with E-state index in [2.05, 4.69) is 39.2 Å². The van der Waals surface area contributed by atoms with Gasteiger partial charge < -0.3 is 4.90 Å². The van der Waals surface area contributed by atoms with E-state index in [9.17, 15) is 13.2 Å². The molecule has 1 aromatic heterocycles. The summed E-state index contributed by atoms with van der Waals surface area (Å²) in [4.78, 5) is 2.17. The SMILES string of the molecule is CCN(CC)c1ccc(N=Nc2nnc(C(F)(F)F)s2)cc1. The molecular formula is C13H14F3N5S. The lowest BCUT2D eigenvalue weighted by molar-refractivity contribution is -0.138. The van der Waals surface area contributed by atoms with Crippen molar-refractivity contribution in [3.63, 3.8) is 0 Å². The number of alkyl halides is 3. The van der Waals surface area contributed by atoms with Crippen molar-refractivity contribution in [2.24, 2.45) is 10.2 Å². The summed E-state index contributed by atoms with van der Waals surface area (Å²) in [7, 11) is 0. The fourth-order valence-electron chi connectivity index (χ4n) is 1.79. The molecule has 0 saturated heterocycles. The van der Waals surface area contributed by atoms with Gasteiger partial charge in [0.1, 0.15) is 0 Å². The Hall–Kier alpha value is -2.03. The monoisotopic (exact) mass is 329 g/mol. The molecular weight excluding hydrogens is 315 g/mol. The Morgan fingerprint density at radius 2 is 1.68 bits per heavy atom. The maximum atomic E-state index is 12.4. The third-order valence-electron chi connectivity index (χ3n) is 2.89. The van der Waals surface area contributed by atoms with E-state index in [4.69, 9.17) is 0 Å². The Morgan fingerprint density at radius 1 is 1.05 bits per heavy atom. The van der Waals surface area contributed by atoms with Crippen molar-refractivity contribution >= 4 is 27.8 Å². The van der Waals surface area contributed by atoms with E-state index in [1.165, 1.54) is 0 Å². The summed E-state index contributed by atoms with van der Waals surface area (Å²) in [6.07, 6.45) is -4.50. The molecule has 2 aromatic rings. The van der Waals surface area contributed by atoms with Crippen molar-refractivity contribution in [2.75, 3.05) is 18.0 Å². The standard InChI is InChI=1S/C13H14F3N5S/c1-3-21(4-2)10-7-5-9(6-8-10)17-19-12-20-18-11(22-12)13(14,15)16/h5-8H,3-4H2,1-2H3. The van der Waals surface area contributed by atoms with Gasteiger partial charge in [-0.25, -0.2) is 0 Å². The highest BCUT2D eigenvalue weighted by molar-refractivity contribution is 7.15. The van der Waals surface area contributed by atoms with Gasteiger partial charge in [-0.1, -0.05) is 11.3 Å². The van der Waals surface area contributed by atoms with E-state index >= 15 is 0 Å². The van der Waals surface area contributed by atoms with Gasteiger partial charge in [0.05, 0.1) is 5.69 Å². The van der Waals surface area contributed by atoms with Crippen molar-refractivity contribution in [3.05, 3.63) is 29.3 Å². The molecule has 0 fully saturated rings. The molecule has 1 aromatic carbocycles. The summed E-state index contributed by atoms with van der Waals surface area (Å²) in [6.45, 7) is 5.90. The van der Waals surface area contributed by atoms with E-state index in [1.807, 2.05) is 12.1 Å². The van der Waals surface area contributed by atoms with Crippen LogP contribution in [0.4, 0.5) is 29.7 Å². The lowest BCUT2D eigenvalue weighted by atomic mass is 10.2. The van der Waals surface area contributed by atoms with E-state index in [0.717, 1.165) is 18.8 Å². The van der Waals surface area contributed by atoms with Gasteiger partial charge in [-0.05, 0) is 38.1 Å². The molecule has 0 aliphatic rings. The molecule has 118 valence electrons. The highest BCUT2D eigenvalue weighted by Crippen LogP contribution is 2.34. The number of aromatic nitrogens is 2. The number of benzene rings is 1. The number of hydrogen-bond acceptors (Lipinski definition) is 6. The fraction of sp³-hybridized carbons (Fsp3) is 0.385. The molecule has 0 saturated carbocycles. The first-order chi connectivity index (χ1) is 10.4. The van der Waals surface area contributed by atoms with Crippen molar-refractivity contribution in [1.29, 1.82) is 0 Å². The maximum absolute atomic E-state index is 12.4. The Morgan fingerprint density at radius 3 is 2.18 bits per heavy atom. The summed E-state index contributed by atoms with van der Waals surface area (Å²) in [6, 6.07) is 7.29. The zero-order valence-electron chi connectivity index (χ0n) is 12.0. The minimum Gasteiger partial charge on any atom is -0.372 e. The summed E-state index contributed by atoms with van der Waals surface area (Å²) in [5, 5.41) is 12.8. The summed E-state index contributed by atoms with van der Waals surface area (Å²) in [5.74, 6) is 0. The highest BCUT2D eigenvalue weighted by atomic mass is 32.1. The first kappa shape index (κ1) is 16.3. The fourth-order valence-corrected chi connectivity index (χ4v) is 2.32. The Balaban J connectivity index is 2.09. The van der Waals surface area contributed by atoms with E-state index in [0.29, 0.717) is 17.0 Å². The second-order valence-corrected chi connectivity index (χ2v) is 5.23. The van der Waals surface area contributed by atoms with Gasteiger partial charge in [0.15, 0.2) is 0 Å². The van der Waals surface area contributed by atoms with Crippen LogP contribution in [0.15, 0.2) is 34.5 Å². The van der Waals surface area contributed by atoms with E-state index in [1.54, 1.807) is 12.1 Å². The van der Waals surface area contributed by atoms with Crippen LogP contribution >= 0.6 is 11.3 Å². The first-order valence-electron chi connectivity index (χ1n) is 6.61. The zero-order chi connectivity index (χ0) is 16.2. The van der Waals surface area contributed by atoms with Gasteiger partial charge in [-0.3, -0.25) is 0 Å². The van der Waals surface area contributed by atoms with Gasteiger partial charge in [0.25, 0.3) is 5.13 Å². The molecule has 9 heteroatoms. The first-order valence-corrected chi connectivity index (χ1v) is 7.43. The average molecular weight is 329 g/mol. The Labute approximate surface area is 129 Å². The number of rotatable bonds is 5. The normalized spacial score (nSPS) is 12.0. The molecule has 0 spiro atoms. The average Bonchev–Trinajstić information content (AvgIpc) is 2.97. The molecule has 0 N–H and O–H groups in total. The molecule has 0 aliphatic carbocycles. The van der Waals surface area contributed by atoms with Crippen LogP contribution in [0.2, 0.25) is 0 Å². The molecule has 0 atom stereocenters. The number of anilines is 1. The number of halogens is 3. The van der Waals surface area contributed by atoms with Crippen LogP contribution < -0.4 is 4.90 Å². The molecule has 0 bridgehead atoms. The highest BCUT2D eigenvalue weighted by Gasteiger charge is 2.35. The molecule has 5 nitrogen and oxygen atoms in total. The Kier molecular flexibility index (Phi) is 5.07. The Bertz CT molecular complexity index is 632. The van der Waals surface area contributed by atoms with Crippen LogP contribution in [0.1, 0.15) is 18.9 Å². The van der Waals surface area contributed by atoms with Gasteiger partial charge in [-0.2, -0.15) is 13.2 Å². The predicted molar refractivity (Wildman–Crippen MR) is 79.1 cm³/mol. The quantitative estimate of drug-likeness (QED) is 0.739. The smallest absolute Gasteiger partial charge is 0.372 e. The summed E-state index contributed by atoms with van der Waals surface area (Å²) >= 11 is 0.358. The third kappa shape index (κ3) is 4.00. The van der Waals surface area contributed by atoms with Gasteiger partial charge >= 0.3 is 6.18 Å². The van der Waals surface area contributed by atoms with Gasteiger partial charge in [-0.15, -0.1) is 20.4 Å². The summed E-state index contributed by atoms with van der Waals surface area (Å²) in [5.41, 5.74) is 1.60. The van der Waals surface area contributed by atoms with Gasteiger partial charge in [0, 0.05) is 18.8 Å². The minimum atomic E-state index is -4.50. The van der Waals surface area contributed by atoms with Crippen molar-refractivity contribution in [3.8, 4) is 0 Å². The van der Waals surface area contributed by atoms with Crippen LogP contribution in [-0.4, -0.2) is 23.3 Å². The molecule has 0 aliphatic heterocycles. The second kappa shape index (κ2) is 6.82. The van der Waals surface area contributed by atoms with Crippen LogP contribution in [0, 0.1) is 0 Å². The predicted octanol–water partition coefficient (Wildman–Crippen LogP) is 4.82. The van der Waals surface area contributed by atoms with Crippen LogP contribution in [0.25, 0.3) is 0 Å². The molecule has 0 unspecified atom stereocenters. The number of nitrogens with zero attached hydrogens (tertiary/aromatic N) is 5. The molecule has 22 heavy (non-hydrogen) atoms. The zero-order valence-corrected chi connectivity index (χ0v) is 12.8. The van der Waals surface area contributed by atoms with Crippen molar-refractivity contribution < 1.29 is 13.2 Å². The van der Waals surface area contributed by atoms with Crippen LogP contribution in [0.3, 0.4) is 0 Å². The van der Waals surface area contributed by atoms with E-state index in [-0.39, 0.29) is 5.13 Å². The third-order valence-corrected chi connectivity index (χ3v) is 3.74. The van der Waals surface area contributed by atoms with Crippen molar-refractivity contribution in [2.45, 2.75) is 20.0 Å². The lowest BCUT2D eigenvalue weighted by Crippen LogP contribution is -2.21. The van der Waals surface area contributed by atoms with E-state index < -0.39 is 11.2 Å². The molecule has 0 radical (unpaired) electrons. The topological polar surface area (TPSA) is 53.7 Å². The molecule has 1 heterocycles. The maximum Gasteiger partial charge on any atom is 0.445 e.